The van der Waals surface area contributed by atoms with Crippen molar-refractivity contribution in [1.82, 2.24) is 10.2 Å². The molecule has 0 spiro atoms. The van der Waals surface area contributed by atoms with Gasteiger partial charge in [-0.2, -0.15) is 11.8 Å². The quantitative estimate of drug-likeness (QED) is 0.585. The number of thioether (sulfide) groups is 1. The molecule has 0 bridgehead atoms. The Labute approximate surface area is 161 Å². The summed E-state index contributed by atoms with van der Waals surface area (Å²) in [5.74, 6) is -2.52. The van der Waals surface area contributed by atoms with E-state index in [4.69, 9.17) is 4.74 Å². The van der Waals surface area contributed by atoms with Crippen molar-refractivity contribution in [3.05, 3.63) is 35.6 Å². The first kappa shape index (κ1) is 19.8. The van der Waals surface area contributed by atoms with Gasteiger partial charge in [0.15, 0.2) is 0 Å². The molecule has 4 atom stereocenters. The fraction of sp³-hybridized carbons (Fsp3) is 0.526. The Morgan fingerprint density at radius 2 is 1.96 bits per heavy atom. The minimum atomic E-state index is -1.28. The van der Waals surface area contributed by atoms with Crippen molar-refractivity contribution < 1.29 is 23.5 Å². The number of amides is 2. The summed E-state index contributed by atoms with van der Waals surface area (Å²) in [4.78, 5) is 40.1. The number of nitrogens with one attached hydrogen (secondary N) is 1. The third-order valence-corrected chi connectivity index (χ3v) is 6.15. The largest absolute Gasteiger partial charge is 0.468 e. The highest BCUT2D eigenvalue weighted by Gasteiger charge is 2.68. The molecule has 0 aliphatic carbocycles. The number of rotatable bonds is 6. The minimum absolute atomic E-state index is 0.251. The molecule has 8 heteroatoms. The summed E-state index contributed by atoms with van der Waals surface area (Å²) in [5.41, 5.74) is -0.613. The highest BCUT2D eigenvalue weighted by molar-refractivity contribution is 7.98. The molecule has 27 heavy (non-hydrogen) atoms. The van der Waals surface area contributed by atoms with Gasteiger partial charge in [-0.15, -0.1) is 0 Å². The SMILES string of the molecule is CCN1C(=O)[C@H]2[C@@H](c3ccc(F)cc3)N[C@@](CCSC)(C(=O)OC)[C@@H]2C1=O. The van der Waals surface area contributed by atoms with E-state index in [2.05, 4.69) is 5.32 Å². The van der Waals surface area contributed by atoms with Gasteiger partial charge in [-0.1, -0.05) is 12.1 Å². The van der Waals surface area contributed by atoms with Gasteiger partial charge in [0.05, 0.1) is 18.9 Å². The molecule has 2 amide bonds. The number of fused-ring (bicyclic) bond motifs is 1. The van der Waals surface area contributed by atoms with Crippen LogP contribution in [-0.4, -0.2) is 53.9 Å². The maximum Gasteiger partial charge on any atom is 0.326 e. The van der Waals surface area contributed by atoms with Crippen molar-refractivity contribution in [2.75, 3.05) is 25.7 Å². The third kappa shape index (κ3) is 3.04. The van der Waals surface area contributed by atoms with Crippen molar-refractivity contribution in [2.45, 2.75) is 24.9 Å². The fourth-order valence-corrected chi connectivity index (χ4v) is 4.82. The molecule has 3 rings (SSSR count). The van der Waals surface area contributed by atoms with Crippen LogP contribution in [0.5, 0.6) is 0 Å². The summed E-state index contributed by atoms with van der Waals surface area (Å²) in [6.45, 7) is 1.99. The Morgan fingerprint density at radius 3 is 2.52 bits per heavy atom. The molecule has 2 fully saturated rings. The standard InChI is InChI=1S/C19H23FN2O4S/c1-4-22-16(23)13-14(17(22)24)19(9-10-27-3,18(25)26-2)21-15(13)11-5-7-12(20)8-6-11/h5-8,13-15,21H,4,9-10H2,1-3H3/t13-,14+,15-,19-/m1/s1. The van der Waals surface area contributed by atoms with Crippen LogP contribution in [0.4, 0.5) is 4.39 Å². The van der Waals surface area contributed by atoms with Gasteiger partial charge in [0.25, 0.3) is 0 Å². The van der Waals surface area contributed by atoms with Gasteiger partial charge < -0.3 is 4.74 Å². The molecule has 2 saturated heterocycles. The molecule has 0 aromatic heterocycles. The Balaban J connectivity index is 2.12. The smallest absolute Gasteiger partial charge is 0.326 e. The molecule has 1 aromatic rings. The van der Waals surface area contributed by atoms with E-state index in [1.54, 1.807) is 30.8 Å². The van der Waals surface area contributed by atoms with E-state index in [1.807, 2.05) is 6.26 Å². The Bertz CT molecular complexity index is 757. The average Bonchev–Trinajstić information content (AvgIpc) is 3.14. The maximum absolute atomic E-state index is 13.4. The fourth-order valence-electron chi connectivity index (χ4n) is 4.30. The summed E-state index contributed by atoms with van der Waals surface area (Å²) in [5, 5.41) is 3.25. The predicted octanol–water partition coefficient (Wildman–Crippen LogP) is 1.76. The number of carbonyl (C=O) groups excluding carboxylic acids is 3. The van der Waals surface area contributed by atoms with Gasteiger partial charge >= 0.3 is 5.97 Å². The minimum Gasteiger partial charge on any atom is -0.468 e. The predicted molar refractivity (Wildman–Crippen MR) is 99.4 cm³/mol. The van der Waals surface area contributed by atoms with Crippen molar-refractivity contribution in [2.24, 2.45) is 11.8 Å². The van der Waals surface area contributed by atoms with Crippen LogP contribution in [0.1, 0.15) is 24.9 Å². The first-order chi connectivity index (χ1) is 12.9. The summed E-state index contributed by atoms with van der Waals surface area (Å²) in [6.07, 6.45) is 2.27. The number of hydrogen-bond donors (Lipinski definition) is 1. The number of likely N-dealkylation sites (tertiary alicyclic amines) is 1. The Kier molecular flexibility index (Phi) is 5.58. The first-order valence-corrected chi connectivity index (χ1v) is 10.3. The van der Waals surface area contributed by atoms with E-state index in [1.165, 1.54) is 24.1 Å². The summed E-state index contributed by atoms with van der Waals surface area (Å²) < 4.78 is 18.4. The van der Waals surface area contributed by atoms with Gasteiger partial charge in [-0.25, -0.2) is 4.39 Å². The molecule has 1 N–H and O–H groups in total. The normalized spacial score (nSPS) is 29.9. The maximum atomic E-state index is 13.4. The van der Waals surface area contributed by atoms with Crippen LogP contribution in [0.15, 0.2) is 24.3 Å². The molecular formula is C19H23FN2O4S. The van der Waals surface area contributed by atoms with Crippen LogP contribution in [0.2, 0.25) is 0 Å². The lowest BCUT2D eigenvalue weighted by Gasteiger charge is -2.32. The van der Waals surface area contributed by atoms with E-state index in [0.717, 1.165) is 0 Å². The second-order valence-corrected chi connectivity index (χ2v) is 7.79. The molecule has 0 unspecified atom stereocenters. The summed E-state index contributed by atoms with van der Waals surface area (Å²) in [6, 6.07) is 5.22. The lowest BCUT2D eigenvalue weighted by Crippen LogP contribution is -2.56. The van der Waals surface area contributed by atoms with Crippen LogP contribution in [0.3, 0.4) is 0 Å². The molecule has 1 aromatic carbocycles. The number of imide groups is 1. The monoisotopic (exact) mass is 394 g/mol. The molecule has 0 saturated carbocycles. The van der Waals surface area contributed by atoms with Gasteiger partial charge in [-0.05, 0) is 43.0 Å². The number of ether oxygens (including phenoxy) is 1. The van der Waals surface area contributed by atoms with Crippen molar-refractivity contribution >= 4 is 29.5 Å². The lowest BCUT2D eigenvalue weighted by atomic mass is 9.78. The third-order valence-electron chi connectivity index (χ3n) is 5.54. The molecule has 2 aliphatic rings. The van der Waals surface area contributed by atoms with Crippen LogP contribution in [0, 0.1) is 17.7 Å². The first-order valence-electron chi connectivity index (χ1n) is 8.87. The number of nitrogens with zero attached hydrogens (tertiary/aromatic N) is 1. The molecule has 6 nitrogen and oxygen atoms in total. The van der Waals surface area contributed by atoms with Gasteiger partial charge in [-0.3, -0.25) is 24.6 Å². The van der Waals surface area contributed by atoms with E-state index in [9.17, 15) is 18.8 Å². The molecule has 2 aliphatic heterocycles. The summed E-state index contributed by atoms with van der Waals surface area (Å²) in [7, 11) is 1.28. The number of esters is 1. The topological polar surface area (TPSA) is 75.7 Å². The number of carbonyl (C=O) groups is 3. The zero-order chi connectivity index (χ0) is 19.8. The van der Waals surface area contributed by atoms with Crippen molar-refractivity contribution in [3.63, 3.8) is 0 Å². The lowest BCUT2D eigenvalue weighted by molar-refractivity contribution is -0.154. The van der Waals surface area contributed by atoms with Gasteiger partial charge in [0.2, 0.25) is 11.8 Å². The highest BCUT2D eigenvalue weighted by atomic mass is 32.2. The van der Waals surface area contributed by atoms with Crippen LogP contribution in [-0.2, 0) is 19.1 Å². The van der Waals surface area contributed by atoms with Crippen molar-refractivity contribution in [1.29, 1.82) is 0 Å². The summed E-state index contributed by atoms with van der Waals surface area (Å²) >= 11 is 1.55. The van der Waals surface area contributed by atoms with Crippen LogP contribution >= 0.6 is 11.8 Å². The second kappa shape index (κ2) is 7.59. The van der Waals surface area contributed by atoms with Gasteiger partial charge in [0, 0.05) is 12.6 Å². The van der Waals surface area contributed by atoms with Crippen molar-refractivity contribution in [3.8, 4) is 0 Å². The van der Waals surface area contributed by atoms with E-state index in [0.29, 0.717) is 17.7 Å². The van der Waals surface area contributed by atoms with Gasteiger partial charge in [0.1, 0.15) is 11.4 Å². The van der Waals surface area contributed by atoms with Crippen LogP contribution < -0.4 is 5.32 Å². The van der Waals surface area contributed by atoms with Crippen LogP contribution in [0.25, 0.3) is 0 Å². The zero-order valence-electron chi connectivity index (χ0n) is 15.5. The average molecular weight is 394 g/mol. The number of benzene rings is 1. The molecule has 146 valence electrons. The van der Waals surface area contributed by atoms with E-state index in [-0.39, 0.29) is 24.2 Å². The number of halogens is 1. The van der Waals surface area contributed by atoms with E-state index >= 15 is 0 Å². The Hall–Kier alpha value is -1.93. The number of hydrogen-bond acceptors (Lipinski definition) is 6. The highest BCUT2D eigenvalue weighted by Crippen LogP contribution is 2.50. The molecular weight excluding hydrogens is 371 g/mol. The molecule has 2 heterocycles. The molecule has 0 radical (unpaired) electrons. The second-order valence-electron chi connectivity index (χ2n) is 6.80. The number of methoxy groups -OCH3 is 1. The van der Waals surface area contributed by atoms with E-state index < -0.39 is 29.4 Å². The zero-order valence-corrected chi connectivity index (χ0v) is 16.3. The Morgan fingerprint density at radius 1 is 1.30 bits per heavy atom.